The van der Waals surface area contributed by atoms with Crippen LogP contribution in [-0.2, 0) is 0 Å². The van der Waals surface area contributed by atoms with E-state index in [4.69, 9.17) is 0 Å². The van der Waals surface area contributed by atoms with E-state index in [0.717, 1.165) is 12.3 Å². The van der Waals surface area contributed by atoms with E-state index >= 15 is 0 Å². The fraction of sp³-hybridized carbons (Fsp3) is 1.00. The van der Waals surface area contributed by atoms with Crippen molar-refractivity contribution >= 4 is 0 Å². The van der Waals surface area contributed by atoms with Gasteiger partial charge >= 0.3 is 0 Å². The largest absolute Gasteiger partial charge is 0.395 e. The van der Waals surface area contributed by atoms with Gasteiger partial charge in [-0.25, -0.2) is 0 Å². The topological polar surface area (TPSA) is 32.3 Å². The molecule has 0 aromatic heterocycles. The Balaban J connectivity index is 2.31. The molecule has 1 saturated carbocycles. The number of hydrogen-bond donors (Lipinski definition) is 2. The van der Waals surface area contributed by atoms with E-state index in [-0.39, 0.29) is 6.61 Å². The molecule has 0 aliphatic heterocycles. The van der Waals surface area contributed by atoms with Crippen LogP contribution in [0.3, 0.4) is 0 Å². The summed E-state index contributed by atoms with van der Waals surface area (Å²) in [7, 11) is 0. The molecule has 1 aliphatic carbocycles. The summed E-state index contributed by atoms with van der Waals surface area (Å²) in [6.45, 7) is 7.01. The van der Waals surface area contributed by atoms with E-state index < -0.39 is 0 Å². The van der Waals surface area contributed by atoms with Crippen molar-refractivity contribution in [3.63, 3.8) is 0 Å². The molecule has 0 amide bonds. The lowest BCUT2D eigenvalue weighted by molar-refractivity contribution is 0.205. The summed E-state index contributed by atoms with van der Waals surface area (Å²) in [6.07, 6.45) is 5.06. The van der Waals surface area contributed by atoms with Gasteiger partial charge < -0.3 is 10.4 Å². The van der Waals surface area contributed by atoms with Gasteiger partial charge in [0.2, 0.25) is 0 Å². The van der Waals surface area contributed by atoms with E-state index in [1.807, 2.05) is 0 Å². The molecule has 1 fully saturated rings. The smallest absolute Gasteiger partial charge is 0.0584 e. The third kappa shape index (κ3) is 3.58. The molecular weight excluding hydrogens is 174 g/mol. The minimum atomic E-state index is 0.279. The molecule has 0 saturated heterocycles. The third-order valence-corrected chi connectivity index (χ3v) is 3.29. The summed E-state index contributed by atoms with van der Waals surface area (Å²) in [5.41, 5.74) is 0. The van der Waals surface area contributed by atoms with E-state index in [9.17, 15) is 5.11 Å². The molecule has 0 aromatic rings. The van der Waals surface area contributed by atoms with Crippen molar-refractivity contribution in [2.24, 2.45) is 11.8 Å². The van der Waals surface area contributed by atoms with Crippen molar-refractivity contribution in [2.75, 3.05) is 6.61 Å². The summed E-state index contributed by atoms with van der Waals surface area (Å²) < 4.78 is 0. The van der Waals surface area contributed by atoms with Gasteiger partial charge in [-0.2, -0.15) is 0 Å². The normalized spacial score (nSPS) is 29.8. The van der Waals surface area contributed by atoms with Crippen molar-refractivity contribution in [2.45, 2.75) is 58.5 Å². The lowest BCUT2D eigenvalue weighted by atomic mass is 10.0. The van der Waals surface area contributed by atoms with Crippen LogP contribution in [0, 0.1) is 11.8 Å². The van der Waals surface area contributed by atoms with Gasteiger partial charge in [0.05, 0.1) is 6.61 Å². The lowest BCUT2D eigenvalue weighted by Crippen LogP contribution is -2.42. The molecule has 0 aromatic carbocycles. The fourth-order valence-corrected chi connectivity index (χ4v) is 2.46. The first kappa shape index (κ1) is 12.0. The number of rotatable bonds is 5. The average Bonchev–Trinajstić information content (AvgIpc) is 2.50. The molecule has 14 heavy (non-hydrogen) atoms. The molecule has 84 valence electrons. The van der Waals surface area contributed by atoms with Crippen molar-refractivity contribution in [3.8, 4) is 0 Å². The minimum absolute atomic E-state index is 0.279. The quantitative estimate of drug-likeness (QED) is 0.711. The minimum Gasteiger partial charge on any atom is -0.395 e. The fourth-order valence-electron chi connectivity index (χ4n) is 2.46. The van der Waals surface area contributed by atoms with Gasteiger partial charge in [-0.05, 0) is 31.1 Å². The van der Waals surface area contributed by atoms with E-state index in [2.05, 4.69) is 26.1 Å². The van der Waals surface area contributed by atoms with Crippen LogP contribution in [0.4, 0.5) is 0 Å². The van der Waals surface area contributed by atoms with Gasteiger partial charge in [0.15, 0.2) is 0 Å². The predicted molar refractivity (Wildman–Crippen MR) is 60.3 cm³/mol. The zero-order valence-electron chi connectivity index (χ0n) is 9.79. The van der Waals surface area contributed by atoms with Crippen LogP contribution in [0.15, 0.2) is 0 Å². The Bertz CT molecular complexity index is 158. The summed E-state index contributed by atoms with van der Waals surface area (Å²) in [5.74, 6) is 1.45. The second-order valence-corrected chi connectivity index (χ2v) is 5.19. The third-order valence-electron chi connectivity index (χ3n) is 3.29. The number of nitrogens with one attached hydrogen (secondary N) is 1. The summed E-state index contributed by atoms with van der Waals surface area (Å²) in [4.78, 5) is 0. The highest BCUT2D eigenvalue weighted by Gasteiger charge is 2.25. The molecule has 3 unspecified atom stereocenters. The Morgan fingerprint density at radius 3 is 2.50 bits per heavy atom. The number of aliphatic hydroxyl groups excluding tert-OH is 1. The molecule has 2 heteroatoms. The maximum absolute atomic E-state index is 9.26. The van der Waals surface area contributed by atoms with Crippen LogP contribution in [0.5, 0.6) is 0 Å². The van der Waals surface area contributed by atoms with Crippen LogP contribution < -0.4 is 5.32 Å². The summed E-state index contributed by atoms with van der Waals surface area (Å²) >= 11 is 0. The second kappa shape index (κ2) is 5.72. The molecule has 3 atom stereocenters. The monoisotopic (exact) mass is 199 g/mol. The van der Waals surface area contributed by atoms with Crippen molar-refractivity contribution < 1.29 is 5.11 Å². The Morgan fingerprint density at radius 2 is 2.07 bits per heavy atom. The number of aliphatic hydroxyl groups is 1. The molecule has 2 nitrogen and oxygen atoms in total. The molecule has 0 spiro atoms. The molecule has 0 heterocycles. The Kier molecular flexibility index (Phi) is 4.90. The van der Waals surface area contributed by atoms with Crippen LogP contribution in [0.25, 0.3) is 0 Å². The van der Waals surface area contributed by atoms with Crippen LogP contribution in [0.2, 0.25) is 0 Å². The van der Waals surface area contributed by atoms with E-state index in [0.29, 0.717) is 18.0 Å². The first-order valence-electron chi connectivity index (χ1n) is 6.00. The molecular formula is C12H25NO. The maximum Gasteiger partial charge on any atom is 0.0584 e. The van der Waals surface area contributed by atoms with Gasteiger partial charge in [-0.1, -0.05) is 27.2 Å². The Labute approximate surface area is 88.1 Å². The van der Waals surface area contributed by atoms with Gasteiger partial charge in [0, 0.05) is 12.1 Å². The highest BCUT2D eigenvalue weighted by Crippen LogP contribution is 2.25. The highest BCUT2D eigenvalue weighted by atomic mass is 16.3. The summed E-state index contributed by atoms with van der Waals surface area (Å²) in [6, 6.07) is 0.950. The molecule has 0 bridgehead atoms. The van der Waals surface area contributed by atoms with E-state index in [1.54, 1.807) is 0 Å². The van der Waals surface area contributed by atoms with E-state index in [1.165, 1.54) is 19.3 Å². The molecule has 1 rings (SSSR count). The Hall–Kier alpha value is -0.0800. The standard InChI is InChI=1S/C12H25NO/c1-9(2)7-11(8-14)13-12-6-4-5-10(12)3/h9-14H,4-8H2,1-3H3. The average molecular weight is 199 g/mol. The molecule has 2 N–H and O–H groups in total. The molecule has 0 radical (unpaired) electrons. The first-order valence-corrected chi connectivity index (χ1v) is 6.00. The zero-order chi connectivity index (χ0) is 10.6. The zero-order valence-corrected chi connectivity index (χ0v) is 9.79. The lowest BCUT2D eigenvalue weighted by Gasteiger charge is -2.25. The van der Waals surface area contributed by atoms with Crippen molar-refractivity contribution in [3.05, 3.63) is 0 Å². The van der Waals surface area contributed by atoms with Crippen LogP contribution in [-0.4, -0.2) is 23.8 Å². The van der Waals surface area contributed by atoms with Crippen molar-refractivity contribution in [1.29, 1.82) is 0 Å². The van der Waals surface area contributed by atoms with Gasteiger partial charge in [-0.15, -0.1) is 0 Å². The van der Waals surface area contributed by atoms with Crippen LogP contribution in [0.1, 0.15) is 46.5 Å². The second-order valence-electron chi connectivity index (χ2n) is 5.19. The van der Waals surface area contributed by atoms with Gasteiger partial charge in [0.25, 0.3) is 0 Å². The SMILES string of the molecule is CC(C)CC(CO)NC1CCCC1C. The molecule has 1 aliphatic rings. The van der Waals surface area contributed by atoms with Gasteiger partial charge in [-0.3, -0.25) is 0 Å². The first-order chi connectivity index (χ1) is 6.63. The van der Waals surface area contributed by atoms with Gasteiger partial charge in [0.1, 0.15) is 0 Å². The summed E-state index contributed by atoms with van der Waals surface area (Å²) in [5, 5.41) is 12.9. The number of hydrogen-bond acceptors (Lipinski definition) is 2. The highest BCUT2D eigenvalue weighted by molar-refractivity contribution is 4.83. The predicted octanol–water partition coefficient (Wildman–Crippen LogP) is 2.17. The Morgan fingerprint density at radius 1 is 1.36 bits per heavy atom. The van der Waals surface area contributed by atoms with Crippen molar-refractivity contribution in [1.82, 2.24) is 5.32 Å². The van der Waals surface area contributed by atoms with Crippen LogP contribution >= 0.6 is 0 Å². The maximum atomic E-state index is 9.26.